The number of methoxy groups -OCH3 is 1. The summed E-state index contributed by atoms with van der Waals surface area (Å²) in [7, 11) is 1.39. The number of aliphatic carboxylic acids is 1. The number of amides is 1. The van der Waals surface area contributed by atoms with E-state index in [9.17, 15) is 19.5 Å². The zero-order valence-corrected chi connectivity index (χ0v) is 15.2. The van der Waals surface area contributed by atoms with E-state index >= 15 is 0 Å². The summed E-state index contributed by atoms with van der Waals surface area (Å²) in [5.74, 6) is -1.47. The predicted octanol–water partition coefficient (Wildman–Crippen LogP) is 2.21. The van der Waals surface area contributed by atoms with E-state index in [-0.39, 0.29) is 17.9 Å². The maximum atomic E-state index is 11.7. The van der Waals surface area contributed by atoms with Gasteiger partial charge in [-0.05, 0) is 12.1 Å². The molecule has 2 atom stereocenters. The largest absolute Gasteiger partial charge is 0.493 e. The molecular weight excluding hydrogens is 370 g/mol. The minimum atomic E-state index is -1.43. The third-order valence-corrected chi connectivity index (χ3v) is 3.20. The molecule has 0 aliphatic rings. The maximum Gasteiger partial charge on any atom is 0.410 e. The average Bonchev–Trinajstić information content (AvgIpc) is 2.58. The smallest absolute Gasteiger partial charge is 0.410 e. The van der Waals surface area contributed by atoms with Gasteiger partial charge in [-0.1, -0.05) is 18.5 Å². The highest BCUT2D eigenvalue weighted by Gasteiger charge is 2.23. The fourth-order valence-corrected chi connectivity index (χ4v) is 1.90. The Balaban J connectivity index is 2.64. The van der Waals surface area contributed by atoms with Gasteiger partial charge in [0.05, 0.1) is 13.7 Å². The lowest BCUT2D eigenvalue weighted by Gasteiger charge is -2.19. The summed E-state index contributed by atoms with van der Waals surface area (Å²) >= 11 is 5.86. The lowest BCUT2D eigenvalue weighted by atomic mass is 10.3. The number of ether oxygens (including phenoxy) is 4. The van der Waals surface area contributed by atoms with Gasteiger partial charge < -0.3 is 29.4 Å². The molecule has 0 radical (unpaired) electrons. The predicted molar refractivity (Wildman–Crippen MR) is 90.4 cm³/mol. The van der Waals surface area contributed by atoms with E-state index in [0.29, 0.717) is 5.02 Å². The summed E-state index contributed by atoms with van der Waals surface area (Å²) in [6.07, 6.45) is -3.37. The molecule has 0 saturated heterocycles. The third-order valence-electron chi connectivity index (χ3n) is 2.96. The van der Waals surface area contributed by atoms with Crippen LogP contribution in [0.1, 0.15) is 20.3 Å². The molecule has 1 amide bonds. The fraction of sp³-hybridized carbons (Fsp3) is 0.438. The van der Waals surface area contributed by atoms with Crippen LogP contribution in [-0.4, -0.2) is 49.2 Å². The first-order valence-electron chi connectivity index (χ1n) is 7.63. The maximum absolute atomic E-state index is 11.7. The average molecular weight is 390 g/mol. The minimum absolute atomic E-state index is 0.104. The number of hydrogen-bond acceptors (Lipinski definition) is 7. The number of halogens is 1. The Kier molecular flexibility index (Phi) is 8.50. The first-order valence-corrected chi connectivity index (χ1v) is 8.01. The molecule has 10 heteroatoms. The van der Waals surface area contributed by atoms with Gasteiger partial charge in [-0.3, -0.25) is 4.79 Å². The van der Waals surface area contributed by atoms with Crippen molar-refractivity contribution in [3.05, 3.63) is 23.2 Å². The van der Waals surface area contributed by atoms with Crippen LogP contribution >= 0.6 is 11.6 Å². The summed E-state index contributed by atoms with van der Waals surface area (Å²) in [5.41, 5.74) is 0. The number of carbonyl (C=O) groups excluding carboxylic acids is 2. The monoisotopic (exact) mass is 389 g/mol. The first-order chi connectivity index (χ1) is 12.3. The van der Waals surface area contributed by atoms with Crippen molar-refractivity contribution >= 4 is 29.6 Å². The highest BCUT2D eigenvalue weighted by molar-refractivity contribution is 6.30. The Bertz CT molecular complexity index is 651. The number of carboxylic acid groups (broad SMARTS) is 1. The zero-order chi connectivity index (χ0) is 19.7. The molecule has 1 aromatic rings. The van der Waals surface area contributed by atoms with Crippen LogP contribution < -0.4 is 14.8 Å². The van der Waals surface area contributed by atoms with Gasteiger partial charge >= 0.3 is 18.0 Å². The number of hydrogen-bond donors (Lipinski definition) is 2. The van der Waals surface area contributed by atoms with E-state index in [4.69, 9.17) is 30.5 Å². The Morgan fingerprint density at radius 2 is 1.92 bits per heavy atom. The van der Waals surface area contributed by atoms with Crippen molar-refractivity contribution in [1.82, 2.24) is 5.32 Å². The normalized spacial score (nSPS) is 12.5. The lowest BCUT2D eigenvalue weighted by Crippen LogP contribution is -2.41. The van der Waals surface area contributed by atoms with Crippen LogP contribution in [-0.2, 0) is 19.1 Å². The van der Waals surface area contributed by atoms with Crippen molar-refractivity contribution in [1.29, 1.82) is 0 Å². The molecule has 0 aromatic heterocycles. The van der Waals surface area contributed by atoms with Crippen molar-refractivity contribution in [3.8, 4) is 11.5 Å². The molecular formula is C16H20ClNO8. The van der Waals surface area contributed by atoms with Gasteiger partial charge in [0.1, 0.15) is 0 Å². The van der Waals surface area contributed by atoms with Crippen molar-refractivity contribution in [2.24, 2.45) is 0 Å². The standard InChI is InChI=1S/C16H20ClNO8/c1-4-14(19)24-9(2)25-16(22)18-8-13(15(20)21)26-12-7-10(17)5-6-11(12)23-3/h5-7,9,13H,4,8H2,1-3H3,(H,18,22)(H,20,21)/t9-,13-/m0/s1. The van der Waals surface area contributed by atoms with Gasteiger partial charge in [0, 0.05) is 24.4 Å². The van der Waals surface area contributed by atoms with E-state index in [1.54, 1.807) is 13.0 Å². The highest BCUT2D eigenvalue weighted by Crippen LogP contribution is 2.30. The fourth-order valence-electron chi connectivity index (χ4n) is 1.74. The molecule has 0 bridgehead atoms. The van der Waals surface area contributed by atoms with Crippen LogP contribution in [0, 0.1) is 0 Å². The molecule has 1 aromatic carbocycles. The summed E-state index contributed by atoms with van der Waals surface area (Å²) in [6.45, 7) is 2.54. The van der Waals surface area contributed by atoms with E-state index in [2.05, 4.69) is 5.32 Å². The molecule has 26 heavy (non-hydrogen) atoms. The molecule has 0 aliphatic carbocycles. The Hall–Kier alpha value is -2.68. The number of benzene rings is 1. The summed E-state index contributed by atoms with van der Waals surface area (Å²) in [4.78, 5) is 34.1. The van der Waals surface area contributed by atoms with Gasteiger partial charge in [-0.15, -0.1) is 0 Å². The van der Waals surface area contributed by atoms with Gasteiger partial charge in [-0.25, -0.2) is 9.59 Å². The first kappa shape index (κ1) is 21.4. The summed E-state index contributed by atoms with van der Waals surface area (Å²) in [5, 5.41) is 11.8. The van der Waals surface area contributed by atoms with Gasteiger partial charge in [-0.2, -0.15) is 0 Å². The summed E-state index contributed by atoms with van der Waals surface area (Å²) < 4.78 is 20.0. The topological polar surface area (TPSA) is 120 Å². The molecule has 9 nitrogen and oxygen atoms in total. The van der Waals surface area contributed by atoms with Crippen molar-refractivity contribution in [3.63, 3.8) is 0 Å². The zero-order valence-electron chi connectivity index (χ0n) is 14.5. The number of alkyl carbamates (subject to hydrolysis) is 1. The Morgan fingerprint density at radius 3 is 2.50 bits per heavy atom. The van der Waals surface area contributed by atoms with E-state index < -0.39 is 37.0 Å². The quantitative estimate of drug-likeness (QED) is 0.487. The van der Waals surface area contributed by atoms with Crippen LogP contribution in [0.3, 0.4) is 0 Å². The van der Waals surface area contributed by atoms with Gasteiger partial charge in [0.15, 0.2) is 11.5 Å². The van der Waals surface area contributed by atoms with Crippen LogP contribution in [0.15, 0.2) is 18.2 Å². The number of nitrogens with one attached hydrogen (secondary N) is 1. The molecule has 0 heterocycles. The van der Waals surface area contributed by atoms with Crippen LogP contribution in [0.5, 0.6) is 11.5 Å². The van der Waals surface area contributed by atoms with Crippen molar-refractivity contribution < 1.29 is 38.4 Å². The number of rotatable bonds is 9. The Labute approximate surface area is 155 Å². The van der Waals surface area contributed by atoms with E-state index in [0.717, 1.165) is 0 Å². The van der Waals surface area contributed by atoms with Crippen molar-refractivity contribution in [2.45, 2.75) is 32.7 Å². The van der Waals surface area contributed by atoms with Crippen LogP contribution in [0.2, 0.25) is 5.02 Å². The Morgan fingerprint density at radius 1 is 1.23 bits per heavy atom. The van der Waals surface area contributed by atoms with E-state index in [1.807, 2.05) is 0 Å². The van der Waals surface area contributed by atoms with Crippen LogP contribution in [0.4, 0.5) is 4.79 Å². The lowest BCUT2D eigenvalue weighted by molar-refractivity contribution is -0.164. The van der Waals surface area contributed by atoms with Gasteiger partial charge in [0.25, 0.3) is 0 Å². The minimum Gasteiger partial charge on any atom is -0.493 e. The second-order valence-electron chi connectivity index (χ2n) is 4.94. The molecule has 1 rings (SSSR count). The van der Waals surface area contributed by atoms with E-state index in [1.165, 1.54) is 26.2 Å². The third kappa shape index (κ3) is 7.06. The van der Waals surface area contributed by atoms with Crippen molar-refractivity contribution in [2.75, 3.05) is 13.7 Å². The molecule has 144 valence electrons. The summed E-state index contributed by atoms with van der Waals surface area (Å²) in [6, 6.07) is 4.46. The molecule has 0 saturated carbocycles. The van der Waals surface area contributed by atoms with Gasteiger partial charge in [0.2, 0.25) is 12.4 Å². The number of carboxylic acids is 1. The molecule has 0 aliphatic heterocycles. The molecule has 0 fully saturated rings. The molecule has 0 spiro atoms. The molecule has 0 unspecified atom stereocenters. The number of carbonyl (C=O) groups is 3. The van der Waals surface area contributed by atoms with Crippen LogP contribution in [0.25, 0.3) is 0 Å². The molecule has 2 N–H and O–H groups in total. The SMILES string of the molecule is CCC(=O)O[C@H](C)OC(=O)NC[C@H](Oc1cc(Cl)ccc1OC)C(=O)O. The highest BCUT2D eigenvalue weighted by atomic mass is 35.5. The number of esters is 1. The second-order valence-corrected chi connectivity index (χ2v) is 5.37. The second kappa shape index (κ2) is 10.3.